The molecule has 0 spiro atoms. The predicted octanol–water partition coefficient (Wildman–Crippen LogP) is 0.255. The van der Waals surface area contributed by atoms with Crippen molar-refractivity contribution in [1.29, 1.82) is 0 Å². The van der Waals surface area contributed by atoms with Crippen LogP contribution in [0.3, 0.4) is 0 Å². The van der Waals surface area contributed by atoms with Crippen LogP contribution in [0, 0.1) is 5.92 Å². The van der Waals surface area contributed by atoms with Crippen LogP contribution in [0.5, 0.6) is 0 Å². The Hall–Kier alpha value is -0.700. The third kappa shape index (κ3) is 5.90. The van der Waals surface area contributed by atoms with Crippen LogP contribution in [0.4, 0.5) is 0 Å². The second-order valence-corrected chi connectivity index (χ2v) is 7.24. The van der Waals surface area contributed by atoms with Crippen molar-refractivity contribution in [2.75, 3.05) is 19.7 Å². The summed E-state index contributed by atoms with van der Waals surface area (Å²) in [6, 6.07) is -0.335. The Bertz CT molecular complexity index is 430. The number of ether oxygens (including phenoxy) is 1. The van der Waals surface area contributed by atoms with Gasteiger partial charge in [0.1, 0.15) is 0 Å². The third-order valence-electron chi connectivity index (χ3n) is 3.46. The first-order valence-electron chi connectivity index (χ1n) is 7.38. The first-order valence-corrected chi connectivity index (χ1v) is 8.82. The maximum atomic E-state index is 12.2. The molecule has 7 nitrogen and oxygen atoms in total. The van der Waals surface area contributed by atoms with E-state index in [1.165, 1.54) is 4.31 Å². The van der Waals surface area contributed by atoms with Crippen molar-refractivity contribution in [1.82, 2.24) is 9.03 Å². The highest BCUT2D eigenvalue weighted by molar-refractivity contribution is 7.87. The van der Waals surface area contributed by atoms with Gasteiger partial charge in [-0.2, -0.15) is 17.4 Å². The average Bonchev–Trinajstić information content (AvgIpc) is 2.37. The molecule has 0 bridgehead atoms. The van der Waals surface area contributed by atoms with Gasteiger partial charge in [0.2, 0.25) is 0 Å². The fraction of sp³-hybridized carbons (Fsp3) is 0.923. The van der Waals surface area contributed by atoms with Gasteiger partial charge in [-0.1, -0.05) is 0 Å². The van der Waals surface area contributed by atoms with Crippen LogP contribution in [-0.4, -0.2) is 55.6 Å². The zero-order valence-electron chi connectivity index (χ0n) is 12.9. The van der Waals surface area contributed by atoms with Crippen molar-refractivity contribution in [2.24, 2.45) is 5.92 Å². The molecule has 1 heterocycles. The van der Waals surface area contributed by atoms with Gasteiger partial charge < -0.3 is 9.84 Å². The van der Waals surface area contributed by atoms with E-state index in [-0.39, 0.29) is 17.9 Å². The van der Waals surface area contributed by atoms with Gasteiger partial charge in [0.25, 0.3) is 10.2 Å². The lowest BCUT2D eigenvalue weighted by Crippen LogP contribution is -2.48. The van der Waals surface area contributed by atoms with Crippen LogP contribution >= 0.6 is 0 Å². The van der Waals surface area contributed by atoms with E-state index < -0.39 is 16.3 Å². The summed E-state index contributed by atoms with van der Waals surface area (Å²) < 4.78 is 33.3. The Morgan fingerprint density at radius 3 is 2.43 bits per heavy atom. The molecule has 0 saturated carbocycles. The summed E-state index contributed by atoms with van der Waals surface area (Å²) in [7, 11) is -3.57. The average molecular weight is 322 g/mol. The molecule has 1 fully saturated rings. The number of hydrogen-bond acceptors (Lipinski definition) is 5. The molecule has 0 aromatic rings. The summed E-state index contributed by atoms with van der Waals surface area (Å²) in [5.74, 6) is -0.462. The highest BCUT2D eigenvalue weighted by atomic mass is 32.2. The standard InChI is InChI=1S/C13H26N2O5S/c1-4-20-13(17)12-5-7-15(8-6-12)21(18,19)14-10(2)9-11(3)16/h10-12,14,16H,4-9H2,1-3H3. The number of hydrogen-bond donors (Lipinski definition) is 2. The molecule has 21 heavy (non-hydrogen) atoms. The Morgan fingerprint density at radius 1 is 1.38 bits per heavy atom. The predicted molar refractivity (Wildman–Crippen MR) is 78.7 cm³/mol. The first kappa shape index (κ1) is 18.3. The maximum absolute atomic E-state index is 12.2. The van der Waals surface area contributed by atoms with Crippen molar-refractivity contribution < 1.29 is 23.1 Å². The van der Waals surface area contributed by atoms with Crippen molar-refractivity contribution >= 4 is 16.2 Å². The molecule has 0 aromatic heterocycles. The van der Waals surface area contributed by atoms with E-state index in [1.54, 1.807) is 20.8 Å². The molecule has 2 unspecified atom stereocenters. The summed E-state index contributed by atoms with van der Waals surface area (Å²) in [6.45, 7) is 6.05. The van der Waals surface area contributed by atoms with Crippen LogP contribution in [-0.2, 0) is 19.7 Å². The van der Waals surface area contributed by atoms with Gasteiger partial charge in [-0.05, 0) is 40.0 Å². The quantitative estimate of drug-likeness (QED) is 0.655. The molecule has 0 radical (unpaired) electrons. The van der Waals surface area contributed by atoms with E-state index in [1.807, 2.05) is 0 Å². The number of nitrogens with zero attached hydrogens (tertiary/aromatic N) is 1. The van der Waals surface area contributed by atoms with Gasteiger partial charge in [-0.3, -0.25) is 4.79 Å². The molecule has 1 aliphatic rings. The number of rotatable bonds is 7. The fourth-order valence-corrected chi connectivity index (χ4v) is 3.93. The van der Waals surface area contributed by atoms with Gasteiger partial charge in [-0.15, -0.1) is 0 Å². The lowest BCUT2D eigenvalue weighted by atomic mass is 9.98. The monoisotopic (exact) mass is 322 g/mol. The van der Waals surface area contributed by atoms with E-state index in [9.17, 15) is 18.3 Å². The molecule has 2 N–H and O–H groups in total. The van der Waals surface area contributed by atoms with Crippen molar-refractivity contribution in [2.45, 2.75) is 52.2 Å². The van der Waals surface area contributed by atoms with Crippen molar-refractivity contribution in [3.8, 4) is 0 Å². The number of carbonyl (C=O) groups excluding carboxylic acids is 1. The zero-order valence-corrected chi connectivity index (χ0v) is 13.7. The maximum Gasteiger partial charge on any atom is 0.309 e. The Balaban J connectivity index is 2.50. The number of aliphatic hydroxyl groups excluding tert-OH is 1. The minimum Gasteiger partial charge on any atom is -0.466 e. The molecule has 8 heteroatoms. The fourth-order valence-electron chi connectivity index (χ4n) is 2.48. The van der Waals surface area contributed by atoms with E-state index in [4.69, 9.17) is 4.74 Å². The second-order valence-electron chi connectivity index (χ2n) is 5.53. The van der Waals surface area contributed by atoms with Gasteiger partial charge in [0.05, 0.1) is 18.6 Å². The molecule has 124 valence electrons. The summed E-state index contributed by atoms with van der Waals surface area (Å²) in [5.41, 5.74) is 0. The highest BCUT2D eigenvalue weighted by Gasteiger charge is 2.32. The van der Waals surface area contributed by atoms with Crippen LogP contribution in [0.1, 0.15) is 40.0 Å². The first-order chi connectivity index (χ1) is 9.76. The minimum absolute atomic E-state index is 0.216. The van der Waals surface area contributed by atoms with Crippen LogP contribution in [0.25, 0.3) is 0 Å². The van der Waals surface area contributed by atoms with E-state index >= 15 is 0 Å². The number of esters is 1. The second kappa shape index (κ2) is 8.07. The van der Waals surface area contributed by atoms with Gasteiger partial charge in [-0.25, -0.2) is 0 Å². The highest BCUT2D eigenvalue weighted by Crippen LogP contribution is 2.20. The van der Waals surface area contributed by atoms with Gasteiger partial charge in [0.15, 0.2) is 0 Å². The Kier molecular flexibility index (Phi) is 7.05. The molecule has 0 aliphatic carbocycles. The molecule has 1 aliphatic heterocycles. The van der Waals surface area contributed by atoms with Crippen LogP contribution in [0.2, 0.25) is 0 Å². The van der Waals surface area contributed by atoms with E-state index in [0.717, 1.165) is 0 Å². The Labute approximate surface area is 126 Å². The number of nitrogens with one attached hydrogen (secondary N) is 1. The SMILES string of the molecule is CCOC(=O)C1CCN(S(=O)(=O)NC(C)CC(C)O)CC1. The molecule has 1 rings (SSSR count). The molecule has 0 amide bonds. The molecule has 1 saturated heterocycles. The number of piperidine rings is 1. The van der Waals surface area contributed by atoms with Gasteiger partial charge in [0, 0.05) is 19.1 Å². The largest absolute Gasteiger partial charge is 0.466 e. The summed E-state index contributed by atoms with van der Waals surface area (Å²) in [4.78, 5) is 11.6. The van der Waals surface area contributed by atoms with E-state index in [0.29, 0.717) is 39.0 Å². The number of aliphatic hydroxyl groups is 1. The number of carbonyl (C=O) groups is 1. The van der Waals surface area contributed by atoms with Gasteiger partial charge >= 0.3 is 5.97 Å². The zero-order chi connectivity index (χ0) is 16.0. The lowest BCUT2D eigenvalue weighted by molar-refractivity contribution is -0.149. The summed E-state index contributed by atoms with van der Waals surface area (Å²) in [6.07, 6.45) is 0.755. The summed E-state index contributed by atoms with van der Waals surface area (Å²) in [5, 5.41) is 9.28. The minimum atomic E-state index is -3.57. The molecule has 0 aromatic carbocycles. The van der Waals surface area contributed by atoms with E-state index in [2.05, 4.69) is 4.72 Å². The van der Waals surface area contributed by atoms with Crippen molar-refractivity contribution in [3.05, 3.63) is 0 Å². The topological polar surface area (TPSA) is 95.9 Å². The third-order valence-corrected chi connectivity index (χ3v) is 5.20. The summed E-state index contributed by atoms with van der Waals surface area (Å²) >= 11 is 0. The molecule has 2 atom stereocenters. The Morgan fingerprint density at radius 2 is 1.95 bits per heavy atom. The normalized spacial score (nSPS) is 21.0. The molecular formula is C13H26N2O5S. The van der Waals surface area contributed by atoms with Crippen LogP contribution in [0.15, 0.2) is 0 Å². The molecular weight excluding hydrogens is 296 g/mol. The van der Waals surface area contributed by atoms with Crippen molar-refractivity contribution in [3.63, 3.8) is 0 Å². The lowest BCUT2D eigenvalue weighted by Gasteiger charge is -2.31. The van der Waals surface area contributed by atoms with Crippen LogP contribution < -0.4 is 4.72 Å². The smallest absolute Gasteiger partial charge is 0.309 e.